The smallest absolute Gasteiger partial charge is 0.262 e. The number of imide groups is 2. The first-order valence-corrected chi connectivity index (χ1v) is 19.9. The Kier molecular flexibility index (Phi) is 10.4. The van der Waals surface area contributed by atoms with Gasteiger partial charge in [0.1, 0.15) is 12.1 Å². The number of piperidine rings is 2. The molecule has 0 bridgehead atoms. The zero-order valence-electron chi connectivity index (χ0n) is 31.5. The second kappa shape index (κ2) is 15.6. The quantitative estimate of drug-likeness (QED) is 0.364. The molecule has 14 heteroatoms. The fourth-order valence-electron chi connectivity index (χ4n) is 8.91. The maximum absolute atomic E-state index is 13.6. The van der Waals surface area contributed by atoms with Crippen molar-refractivity contribution in [1.82, 2.24) is 20.0 Å². The van der Waals surface area contributed by atoms with E-state index in [2.05, 4.69) is 50.0 Å². The summed E-state index contributed by atoms with van der Waals surface area (Å²) >= 11 is 6.35. The van der Waals surface area contributed by atoms with E-state index in [1.54, 1.807) is 18.2 Å². The van der Waals surface area contributed by atoms with Crippen molar-refractivity contribution in [2.24, 2.45) is 0 Å². The van der Waals surface area contributed by atoms with Crippen LogP contribution in [0.4, 0.5) is 17.1 Å². The molecule has 2 atom stereocenters. The van der Waals surface area contributed by atoms with Crippen LogP contribution in [0.1, 0.15) is 75.7 Å². The fraction of sp³-hybridized carbons (Fsp3) is 0.429. The third-order valence-electron chi connectivity index (χ3n) is 12.2. The van der Waals surface area contributed by atoms with Crippen LogP contribution in [0.15, 0.2) is 60.7 Å². The lowest BCUT2D eigenvalue weighted by Gasteiger charge is -2.43. The highest BCUT2D eigenvalue weighted by molar-refractivity contribution is 6.32. The number of amides is 5. The van der Waals surface area contributed by atoms with Crippen LogP contribution in [0, 0.1) is 11.3 Å². The van der Waals surface area contributed by atoms with E-state index >= 15 is 0 Å². The van der Waals surface area contributed by atoms with Gasteiger partial charge in [0.25, 0.3) is 17.7 Å². The molecule has 0 aliphatic carbocycles. The first-order chi connectivity index (χ1) is 27.1. The van der Waals surface area contributed by atoms with Gasteiger partial charge in [-0.2, -0.15) is 5.26 Å². The minimum absolute atomic E-state index is 0.0557. The molecule has 3 aromatic carbocycles. The summed E-state index contributed by atoms with van der Waals surface area (Å²) in [7, 11) is 0. The number of benzene rings is 3. The summed E-state index contributed by atoms with van der Waals surface area (Å²) in [6, 6.07) is 20.8. The van der Waals surface area contributed by atoms with Crippen LogP contribution < -0.4 is 20.0 Å². The van der Waals surface area contributed by atoms with Gasteiger partial charge in [-0.15, -0.1) is 0 Å². The number of nitriles is 1. The second-order valence-electron chi connectivity index (χ2n) is 15.4. The van der Waals surface area contributed by atoms with Crippen molar-refractivity contribution >= 4 is 58.2 Å². The number of fused-ring (bicyclic) bond motifs is 1. The Labute approximate surface area is 331 Å². The van der Waals surface area contributed by atoms with E-state index in [-0.39, 0.29) is 24.3 Å². The average Bonchev–Trinajstić information content (AvgIpc) is 3.32. The molecule has 5 amide bonds. The molecule has 0 radical (unpaired) electrons. The predicted octanol–water partition coefficient (Wildman–Crippen LogP) is 4.14. The number of hydrogen-bond acceptors (Lipinski definition) is 10. The number of carbonyl (C=O) groups excluding carboxylic acids is 5. The molecule has 290 valence electrons. The number of nitrogens with zero attached hydrogens (tertiary/aromatic N) is 7. The van der Waals surface area contributed by atoms with Gasteiger partial charge in [0.2, 0.25) is 11.8 Å². The molecule has 8 rings (SSSR count). The molecule has 56 heavy (non-hydrogen) atoms. The number of nitrogens with one attached hydrogen (secondary N) is 1. The Hall–Kier alpha value is -5.45. The Morgan fingerprint density at radius 1 is 0.732 bits per heavy atom. The van der Waals surface area contributed by atoms with Crippen molar-refractivity contribution in [3.05, 3.63) is 87.9 Å². The van der Waals surface area contributed by atoms with Crippen LogP contribution in [0.3, 0.4) is 0 Å². The van der Waals surface area contributed by atoms with Crippen molar-refractivity contribution in [1.29, 1.82) is 5.26 Å². The Morgan fingerprint density at radius 3 is 2.09 bits per heavy atom. The summed E-state index contributed by atoms with van der Waals surface area (Å²) < 4.78 is 0. The summed E-state index contributed by atoms with van der Waals surface area (Å²) in [6.45, 7) is 9.32. The van der Waals surface area contributed by atoms with Crippen LogP contribution in [-0.4, -0.2) is 121 Å². The standard InChI is InChI=1S/C42H45ClN8O5/c1-27-12-15-47(22-23-50(27)33-7-4-29(26-44)36(43)25-33)30-5-2-28(3-6-30)40(54)49-20-18-48(19-21-49)31-13-16-46(17-14-31)32-8-9-34-35(24-32)42(56)51(41(34)55)37-10-11-38(52)45-39(37)53/h2-9,24-25,27,31,37H,10-23H2,1H3,(H,45,52,53)/t27-,37?/m0/s1. The van der Waals surface area contributed by atoms with Crippen LogP contribution in [0.5, 0.6) is 0 Å². The first-order valence-electron chi connectivity index (χ1n) is 19.5. The van der Waals surface area contributed by atoms with Crippen LogP contribution in [0.2, 0.25) is 5.02 Å². The van der Waals surface area contributed by atoms with Crippen molar-refractivity contribution < 1.29 is 24.0 Å². The van der Waals surface area contributed by atoms with Gasteiger partial charge in [-0.3, -0.25) is 39.1 Å². The molecule has 13 nitrogen and oxygen atoms in total. The molecule has 4 fully saturated rings. The summed E-state index contributed by atoms with van der Waals surface area (Å²) in [5, 5.41) is 12.0. The zero-order valence-corrected chi connectivity index (χ0v) is 32.2. The normalized spacial score (nSPS) is 22.6. The van der Waals surface area contributed by atoms with E-state index < -0.39 is 29.7 Å². The fourth-order valence-corrected chi connectivity index (χ4v) is 9.12. The maximum atomic E-state index is 13.6. The van der Waals surface area contributed by atoms with Crippen LogP contribution >= 0.6 is 11.6 Å². The Balaban J connectivity index is 0.813. The van der Waals surface area contributed by atoms with Gasteiger partial charge in [0, 0.05) is 100 Å². The Morgan fingerprint density at radius 2 is 1.39 bits per heavy atom. The monoisotopic (exact) mass is 776 g/mol. The number of anilines is 3. The molecule has 1 N–H and O–H groups in total. The lowest BCUT2D eigenvalue weighted by molar-refractivity contribution is -0.136. The van der Waals surface area contributed by atoms with E-state index in [1.165, 1.54) is 0 Å². The maximum Gasteiger partial charge on any atom is 0.262 e. The van der Waals surface area contributed by atoms with E-state index in [4.69, 9.17) is 11.6 Å². The van der Waals surface area contributed by atoms with Crippen molar-refractivity contribution in [3.8, 4) is 6.07 Å². The van der Waals surface area contributed by atoms with E-state index in [1.807, 2.05) is 35.2 Å². The molecule has 5 heterocycles. The first kappa shape index (κ1) is 37.5. The summed E-state index contributed by atoms with van der Waals surface area (Å²) in [5.41, 5.74) is 4.74. The minimum Gasteiger partial charge on any atom is -0.371 e. The van der Waals surface area contributed by atoms with Gasteiger partial charge in [0.15, 0.2) is 0 Å². The van der Waals surface area contributed by atoms with Crippen molar-refractivity contribution in [3.63, 3.8) is 0 Å². The molecular weight excluding hydrogens is 732 g/mol. The molecule has 0 aromatic heterocycles. The minimum atomic E-state index is -0.981. The molecule has 1 unspecified atom stereocenters. The van der Waals surface area contributed by atoms with E-state index in [9.17, 15) is 29.2 Å². The van der Waals surface area contributed by atoms with E-state index in [0.717, 1.165) is 87.0 Å². The summed E-state index contributed by atoms with van der Waals surface area (Å²) in [5.74, 6) is -1.94. The molecule has 5 aliphatic rings. The Bertz CT molecular complexity index is 2100. The van der Waals surface area contributed by atoms with Gasteiger partial charge in [0.05, 0.1) is 21.7 Å². The van der Waals surface area contributed by atoms with Crippen molar-refractivity contribution in [2.45, 2.75) is 57.2 Å². The largest absolute Gasteiger partial charge is 0.371 e. The SMILES string of the molecule is C[C@H]1CCN(c2ccc(C(=O)N3CCN(C4CCN(c5ccc6c(c5)C(=O)N(C5CCC(=O)NC5=O)C6=O)CC4)CC3)cc2)CCN1c1ccc(C#N)c(Cl)c1. The van der Waals surface area contributed by atoms with Gasteiger partial charge >= 0.3 is 0 Å². The highest BCUT2D eigenvalue weighted by Gasteiger charge is 2.45. The van der Waals surface area contributed by atoms with E-state index in [0.29, 0.717) is 46.9 Å². The molecule has 0 spiro atoms. The molecule has 4 saturated heterocycles. The molecule has 0 saturated carbocycles. The molecule has 5 aliphatic heterocycles. The predicted molar refractivity (Wildman–Crippen MR) is 212 cm³/mol. The summed E-state index contributed by atoms with van der Waals surface area (Å²) in [6.07, 6.45) is 3.06. The van der Waals surface area contributed by atoms with Gasteiger partial charge < -0.3 is 19.6 Å². The number of piperazine rings is 1. The van der Waals surface area contributed by atoms with Crippen molar-refractivity contribution in [2.75, 3.05) is 73.6 Å². The number of rotatable bonds is 6. The summed E-state index contributed by atoms with van der Waals surface area (Å²) in [4.78, 5) is 76.5. The third-order valence-corrected chi connectivity index (χ3v) is 12.5. The van der Waals surface area contributed by atoms with Gasteiger partial charge in [-0.25, -0.2) is 0 Å². The highest BCUT2D eigenvalue weighted by Crippen LogP contribution is 2.33. The lowest BCUT2D eigenvalue weighted by Crippen LogP contribution is -2.54. The van der Waals surface area contributed by atoms with Crippen LogP contribution in [0.25, 0.3) is 0 Å². The topological polar surface area (TPSA) is 141 Å². The molecular formula is C42H45ClN8O5. The van der Waals surface area contributed by atoms with Gasteiger partial charge in [-0.1, -0.05) is 11.6 Å². The van der Waals surface area contributed by atoms with Crippen LogP contribution in [-0.2, 0) is 9.59 Å². The number of hydrogen-bond donors (Lipinski definition) is 1. The number of halogens is 1. The highest BCUT2D eigenvalue weighted by atomic mass is 35.5. The zero-order chi connectivity index (χ0) is 39.1. The third kappa shape index (κ3) is 7.19. The number of carbonyl (C=O) groups is 5. The lowest BCUT2D eigenvalue weighted by atomic mass is 10.0. The van der Waals surface area contributed by atoms with Gasteiger partial charge in [-0.05, 0) is 93.3 Å². The molecule has 3 aromatic rings. The average molecular weight is 777 g/mol. The second-order valence-corrected chi connectivity index (χ2v) is 15.8.